The number of methoxy groups -OCH3 is 2. The molecule has 0 aromatic heterocycles. The van der Waals surface area contributed by atoms with Crippen molar-refractivity contribution in [2.75, 3.05) is 60.5 Å². The van der Waals surface area contributed by atoms with Crippen LogP contribution in [0.1, 0.15) is 24.8 Å². The van der Waals surface area contributed by atoms with E-state index in [1.54, 1.807) is 14.2 Å². The summed E-state index contributed by atoms with van der Waals surface area (Å²) in [6, 6.07) is 11.0. The van der Waals surface area contributed by atoms with Crippen molar-refractivity contribution in [3.8, 4) is 0 Å². The van der Waals surface area contributed by atoms with Crippen LogP contribution >= 0.6 is 0 Å². The van der Waals surface area contributed by atoms with Crippen molar-refractivity contribution in [3.05, 3.63) is 59.6 Å². The first-order valence-electron chi connectivity index (χ1n) is 13.3. The normalized spacial score (nSPS) is 27.4. The number of aliphatic imine (C=N–C) groups is 2. The molecular formula is C28H40N6O2. The van der Waals surface area contributed by atoms with Crippen LogP contribution < -0.4 is 5.32 Å². The van der Waals surface area contributed by atoms with Gasteiger partial charge >= 0.3 is 0 Å². The molecule has 1 aromatic carbocycles. The summed E-state index contributed by atoms with van der Waals surface area (Å²) in [6.45, 7) is 7.26. The Hall–Kier alpha value is -2.84. The Labute approximate surface area is 215 Å². The largest absolute Gasteiger partial charge is 0.493 e. The fraction of sp³-hybridized carbons (Fsp3) is 0.571. The average Bonchev–Trinajstić information content (AvgIpc) is 3.14. The lowest BCUT2D eigenvalue weighted by Gasteiger charge is -2.37. The van der Waals surface area contributed by atoms with Gasteiger partial charge in [0, 0.05) is 39.3 Å². The molecule has 3 heterocycles. The van der Waals surface area contributed by atoms with E-state index in [4.69, 9.17) is 19.5 Å². The van der Waals surface area contributed by atoms with Crippen molar-refractivity contribution >= 4 is 11.8 Å². The minimum absolute atomic E-state index is 0.0274. The van der Waals surface area contributed by atoms with Gasteiger partial charge in [-0.05, 0) is 50.6 Å². The Morgan fingerprint density at radius 3 is 2.44 bits per heavy atom. The summed E-state index contributed by atoms with van der Waals surface area (Å²) in [5, 5.41) is 3.66. The molecule has 194 valence electrons. The molecule has 36 heavy (non-hydrogen) atoms. The summed E-state index contributed by atoms with van der Waals surface area (Å²) in [5.41, 5.74) is 1.38. The Morgan fingerprint density at radius 1 is 0.944 bits per heavy atom. The molecule has 3 aliphatic heterocycles. The number of piperidine rings is 1. The summed E-state index contributed by atoms with van der Waals surface area (Å²) in [5.74, 6) is 3.46. The van der Waals surface area contributed by atoms with Gasteiger partial charge in [-0.3, -0.25) is 9.89 Å². The van der Waals surface area contributed by atoms with Crippen LogP contribution in [0.4, 0.5) is 0 Å². The first-order chi connectivity index (χ1) is 17.6. The zero-order chi connectivity index (χ0) is 24.9. The van der Waals surface area contributed by atoms with Crippen LogP contribution in [0.2, 0.25) is 0 Å². The van der Waals surface area contributed by atoms with Gasteiger partial charge < -0.3 is 24.6 Å². The second-order valence-corrected chi connectivity index (χ2v) is 10.2. The van der Waals surface area contributed by atoms with E-state index in [0.717, 1.165) is 88.4 Å². The van der Waals surface area contributed by atoms with Gasteiger partial charge in [0.2, 0.25) is 0 Å². The van der Waals surface area contributed by atoms with Gasteiger partial charge in [0.25, 0.3) is 0 Å². The number of fused-ring (bicyclic) bond motifs is 1. The van der Waals surface area contributed by atoms with Crippen LogP contribution in [0.15, 0.2) is 64.0 Å². The van der Waals surface area contributed by atoms with Gasteiger partial charge in [-0.1, -0.05) is 30.3 Å². The summed E-state index contributed by atoms with van der Waals surface area (Å²) in [6.07, 6.45) is 7.47. The molecule has 2 saturated heterocycles. The number of nitrogens with one attached hydrogen (secondary N) is 1. The van der Waals surface area contributed by atoms with Gasteiger partial charge in [-0.25, -0.2) is 4.99 Å². The summed E-state index contributed by atoms with van der Waals surface area (Å²) in [4.78, 5) is 17.8. The number of hydrogen-bond donors (Lipinski definition) is 1. The van der Waals surface area contributed by atoms with Crippen molar-refractivity contribution in [3.63, 3.8) is 0 Å². The number of amidine groups is 1. The Bertz CT molecular complexity index is 1010. The van der Waals surface area contributed by atoms with Crippen molar-refractivity contribution in [1.29, 1.82) is 0 Å². The number of rotatable bonds is 5. The van der Waals surface area contributed by atoms with Crippen LogP contribution in [0, 0.1) is 5.92 Å². The maximum absolute atomic E-state index is 5.64. The molecule has 0 radical (unpaired) electrons. The summed E-state index contributed by atoms with van der Waals surface area (Å²) < 4.78 is 11.3. The fourth-order valence-corrected chi connectivity index (χ4v) is 5.53. The van der Waals surface area contributed by atoms with Crippen LogP contribution in [-0.4, -0.2) is 99.1 Å². The molecular weight excluding hydrogens is 452 g/mol. The van der Waals surface area contributed by atoms with Gasteiger partial charge in [0.1, 0.15) is 5.84 Å². The minimum atomic E-state index is -0.0481. The smallest absolute Gasteiger partial charge is 0.200 e. The highest BCUT2D eigenvalue weighted by Gasteiger charge is 2.36. The van der Waals surface area contributed by atoms with E-state index in [-0.39, 0.29) is 12.0 Å². The van der Waals surface area contributed by atoms with Gasteiger partial charge in [-0.2, -0.15) is 0 Å². The van der Waals surface area contributed by atoms with Gasteiger partial charge in [-0.15, -0.1) is 0 Å². The molecule has 0 spiro atoms. The topological polar surface area (TPSA) is 64.9 Å². The molecule has 8 nitrogen and oxygen atoms in total. The molecule has 1 aliphatic carbocycles. The van der Waals surface area contributed by atoms with E-state index in [9.17, 15) is 0 Å². The molecule has 1 N–H and O–H groups in total. The third kappa shape index (κ3) is 5.76. The minimum Gasteiger partial charge on any atom is -0.493 e. The van der Waals surface area contributed by atoms with Gasteiger partial charge in [0.05, 0.1) is 32.2 Å². The maximum atomic E-state index is 5.64. The van der Waals surface area contributed by atoms with E-state index >= 15 is 0 Å². The molecule has 0 amide bonds. The monoisotopic (exact) mass is 492 g/mol. The zero-order valence-corrected chi connectivity index (χ0v) is 21.9. The summed E-state index contributed by atoms with van der Waals surface area (Å²) in [7, 11) is 5.57. The molecule has 0 saturated carbocycles. The van der Waals surface area contributed by atoms with Crippen LogP contribution in [0.5, 0.6) is 0 Å². The summed E-state index contributed by atoms with van der Waals surface area (Å²) >= 11 is 0. The first-order valence-corrected chi connectivity index (χ1v) is 13.3. The lowest BCUT2D eigenvalue weighted by Crippen LogP contribution is -2.54. The average molecular weight is 493 g/mol. The van der Waals surface area contributed by atoms with Crippen molar-refractivity contribution < 1.29 is 9.47 Å². The predicted molar refractivity (Wildman–Crippen MR) is 144 cm³/mol. The van der Waals surface area contributed by atoms with Crippen molar-refractivity contribution in [2.24, 2.45) is 15.9 Å². The Morgan fingerprint density at radius 2 is 1.69 bits per heavy atom. The fourth-order valence-electron chi connectivity index (χ4n) is 5.53. The molecule has 8 heteroatoms. The number of ether oxygens (including phenoxy) is 2. The molecule has 2 fully saturated rings. The van der Waals surface area contributed by atoms with Crippen molar-refractivity contribution in [2.45, 2.75) is 37.9 Å². The Kier molecular flexibility index (Phi) is 7.92. The number of benzene rings is 1. The number of nitrogens with zero attached hydrogens (tertiary/aromatic N) is 5. The van der Waals surface area contributed by atoms with Crippen molar-refractivity contribution in [1.82, 2.24) is 20.0 Å². The van der Waals surface area contributed by atoms with Crippen LogP contribution in [0.25, 0.3) is 0 Å². The molecule has 2 atom stereocenters. The third-order valence-corrected chi connectivity index (χ3v) is 7.68. The second kappa shape index (κ2) is 11.5. The molecule has 1 aromatic rings. The number of hydrogen-bond acceptors (Lipinski definition) is 7. The lowest BCUT2D eigenvalue weighted by molar-refractivity contribution is 0.205. The molecule has 0 unspecified atom stereocenters. The Balaban J connectivity index is 1.33. The highest BCUT2D eigenvalue weighted by Crippen LogP contribution is 2.30. The van der Waals surface area contributed by atoms with Gasteiger partial charge in [0.15, 0.2) is 17.5 Å². The van der Waals surface area contributed by atoms with E-state index < -0.39 is 0 Å². The second-order valence-electron chi connectivity index (χ2n) is 10.2. The zero-order valence-electron chi connectivity index (χ0n) is 21.9. The highest BCUT2D eigenvalue weighted by molar-refractivity contribution is 6.04. The quantitative estimate of drug-likeness (QED) is 0.682. The number of likely N-dealkylation sites (N-methyl/N-ethyl adjacent to an activating group) is 1. The number of likely N-dealkylation sites (tertiary alicyclic amines) is 1. The van der Waals surface area contributed by atoms with E-state index in [2.05, 4.69) is 69.5 Å². The highest BCUT2D eigenvalue weighted by atomic mass is 16.5. The van der Waals surface area contributed by atoms with Crippen LogP contribution in [-0.2, 0) is 16.0 Å². The predicted octanol–water partition coefficient (Wildman–Crippen LogP) is 2.71. The SMILES string of the molecule is COC1=C[C@@H]2N=C(N3CCCN(C)CC3)NC(=NC3CCN(Cc4ccccc4)CC3)[C@@H]2C=C1OC. The molecule has 5 rings (SSSR count). The third-order valence-electron chi connectivity index (χ3n) is 7.68. The van der Waals surface area contributed by atoms with E-state index in [1.807, 2.05) is 0 Å². The van der Waals surface area contributed by atoms with Crippen LogP contribution in [0.3, 0.4) is 0 Å². The maximum Gasteiger partial charge on any atom is 0.200 e. The standard InChI is InChI=1S/C28H40N6O2/c1-32-12-7-13-34(17-16-32)28-30-24-19-26(36-3)25(35-2)18-23(24)27(31-28)29-22-10-14-33(15-11-22)20-21-8-5-4-6-9-21/h4-6,8-9,18-19,22-24H,7,10-17,20H2,1-3H3,(H,29,30,31)/t23-,24+/m1/s1. The molecule has 4 aliphatic rings. The lowest BCUT2D eigenvalue weighted by atomic mass is 9.90. The first kappa shape index (κ1) is 24.8. The number of guanidine groups is 1. The van der Waals surface area contributed by atoms with E-state index in [0.29, 0.717) is 6.04 Å². The van der Waals surface area contributed by atoms with E-state index in [1.165, 1.54) is 5.56 Å². The molecule has 0 bridgehead atoms.